The molecule has 2 aliphatic rings. The lowest BCUT2D eigenvalue weighted by atomic mass is 9.36. The Morgan fingerprint density at radius 2 is 1.33 bits per heavy atom. The first-order chi connectivity index (χ1) is 13.4. The molecular formula is C23H14BNS2. The molecule has 3 aromatic carbocycles. The van der Waals surface area contributed by atoms with Gasteiger partial charge in [-0.3, -0.25) is 4.98 Å². The number of hydrogen-bond donors (Lipinski definition) is 0. The van der Waals surface area contributed by atoms with Crippen molar-refractivity contribution in [3.8, 4) is 11.3 Å². The van der Waals surface area contributed by atoms with Gasteiger partial charge in [0.15, 0.2) is 0 Å². The van der Waals surface area contributed by atoms with Gasteiger partial charge in [-0.15, -0.1) is 0 Å². The van der Waals surface area contributed by atoms with E-state index in [1.807, 2.05) is 35.8 Å². The van der Waals surface area contributed by atoms with Crippen LogP contribution in [0.4, 0.5) is 0 Å². The molecule has 4 aromatic rings. The summed E-state index contributed by atoms with van der Waals surface area (Å²) < 4.78 is 0. The van der Waals surface area contributed by atoms with Gasteiger partial charge in [0, 0.05) is 31.3 Å². The minimum atomic E-state index is 0.300. The van der Waals surface area contributed by atoms with Crippen LogP contribution in [0.5, 0.6) is 0 Å². The van der Waals surface area contributed by atoms with E-state index >= 15 is 0 Å². The first-order valence-electron chi connectivity index (χ1n) is 9.02. The maximum atomic E-state index is 4.64. The normalized spacial score (nSPS) is 13.6. The van der Waals surface area contributed by atoms with Crippen LogP contribution in [0, 0.1) is 0 Å². The van der Waals surface area contributed by atoms with Crippen molar-refractivity contribution < 1.29 is 0 Å². The Labute approximate surface area is 167 Å². The van der Waals surface area contributed by atoms with Gasteiger partial charge in [-0.05, 0) is 35.8 Å². The molecule has 0 amide bonds. The fourth-order valence-corrected chi connectivity index (χ4v) is 6.62. The van der Waals surface area contributed by atoms with Crippen LogP contribution in [0.1, 0.15) is 0 Å². The van der Waals surface area contributed by atoms with Crippen molar-refractivity contribution in [3.05, 3.63) is 85.1 Å². The number of hydrogen-bond acceptors (Lipinski definition) is 3. The monoisotopic (exact) mass is 379 g/mol. The molecule has 0 radical (unpaired) electrons. The summed E-state index contributed by atoms with van der Waals surface area (Å²) in [6.07, 6.45) is 1.88. The summed E-state index contributed by atoms with van der Waals surface area (Å²) in [7, 11) is 0. The standard InChI is InChI=1S/C23H14BNS2/c1-3-10-19-16(7-1)24-17-8-2-4-11-20(17)27-23-15(18-9-5-6-14-25-18)12-13-21(26-19)22(23)24/h1-14H. The summed E-state index contributed by atoms with van der Waals surface area (Å²) in [6, 6.07) is 28.4. The maximum absolute atomic E-state index is 4.64. The number of pyridine rings is 1. The predicted molar refractivity (Wildman–Crippen MR) is 115 cm³/mol. The van der Waals surface area contributed by atoms with Crippen molar-refractivity contribution in [1.82, 2.24) is 4.98 Å². The van der Waals surface area contributed by atoms with E-state index in [9.17, 15) is 0 Å². The predicted octanol–water partition coefficient (Wildman–Crippen LogP) is 4.19. The molecule has 0 fully saturated rings. The SMILES string of the molecule is c1ccc(-c2ccc3c4c2Sc2ccccc2B4c2ccccc2S3)nc1. The van der Waals surface area contributed by atoms with Gasteiger partial charge < -0.3 is 0 Å². The van der Waals surface area contributed by atoms with Crippen LogP contribution in [0.25, 0.3) is 11.3 Å². The number of nitrogens with zero attached hydrogens (tertiary/aromatic N) is 1. The Kier molecular flexibility index (Phi) is 3.50. The average Bonchev–Trinajstić information content (AvgIpc) is 2.74. The van der Waals surface area contributed by atoms with E-state index < -0.39 is 0 Å². The topological polar surface area (TPSA) is 12.9 Å². The number of benzene rings is 3. The Bertz CT molecular complexity index is 1180. The van der Waals surface area contributed by atoms with Crippen molar-refractivity contribution in [1.29, 1.82) is 0 Å². The molecule has 27 heavy (non-hydrogen) atoms. The summed E-state index contributed by atoms with van der Waals surface area (Å²) in [5, 5.41) is 0. The zero-order valence-electron chi connectivity index (χ0n) is 14.4. The van der Waals surface area contributed by atoms with Crippen molar-refractivity contribution >= 4 is 46.6 Å². The van der Waals surface area contributed by atoms with Crippen LogP contribution in [0.2, 0.25) is 0 Å². The van der Waals surface area contributed by atoms with Crippen LogP contribution in [0.15, 0.2) is 105 Å². The van der Waals surface area contributed by atoms with Gasteiger partial charge in [-0.25, -0.2) is 0 Å². The molecule has 2 aliphatic heterocycles. The largest absolute Gasteiger partial charge is 0.256 e. The van der Waals surface area contributed by atoms with E-state index in [1.54, 1.807) is 0 Å². The quantitative estimate of drug-likeness (QED) is 0.398. The van der Waals surface area contributed by atoms with Crippen molar-refractivity contribution in [2.45, 2.75) is 19.6 Å². The second-order valence-electron chi connectivity index (χ2n) is 6.78. The Morgan fingerprint density at radius 3 is 2.07 bits per heavy atom. The second kappa shape index (κ2) is 6.05. The van der Waals surface area contributed by atoms with E-state index in [4.69, 9.17) is 0 Å². The lowest BCUT2D eigenvalue weighted by Gasteiger charge is -2.33. The van der Waals surface area contributed by atoms with Crippen LogP contribution in [0.3, 0.4) is 0 Å². The number of rotatable bonds is 1. The first-order valence-corrected chi connectivity index (χ1v) is 10.7. The Hall–Kier alpha value is -2.43. The highest BCUT2D eigenvalue weighted by Crippen LogP contribution is 2.42. The van der Waals surface area contributed by atoms with Crippen LogP contribution >= 0.6 is 23.5 Å². The highest BCUT2D eigenvalue weighted by Gasteiger charge is 2.38. The molecule has 4 heteroatoms. The van der Waals surface area contributed by atoms with E-state index in [2.05, 4.69) is 77.8 Å². The maximum Gasteiger partial charge on any atom is 0.247 e. The number of aromatic nitrogens is 1. The third kappa shape index (κ3) is 2.33. The summed E-state index contributed by atoms with van der Waals surface area (Å²) in [6.45, 7) is 0.300. The molecule has 0 bridgehead atoms. The lowest BCUT2D eigenvalue weighted by Crippen LogP contribution is -2.58. The van der Waals surface area contributed by atoms with E-state index in [0.717, 1.165) is 5.69 Å². The van der Waals surface area contributed by atoms with Gasteiger partial charge in [0.1, 0.15) is 0 Å². The third-order valence-electron chi connectivity index (χ3n) is 5.28. The zero-order chi connectivity index (χ0) is 17.8. The molecule has 0 atom stereocenters. The van der Waals surface area contributed by atoms with Crippen LogP contribution < -0.4 is 16.4 Å². The molecule has 0 aliphatic carbocycles. The minimum absolute atomic E-state index is 0.300. The van der Waals surface area contributed by atoms with E-state index in [1.165, 1.54) is 41.5 Å². The molecule has 126 valence electrons. The van der Waals surface area contributed by atoms with Crippen LogP contribution in [-0.4, -0.2) is 11.7 Å². The van der Waals surface area contributed by atoms with Crippen LogP contribution in [-0.2, 0) is 0 Å². The molecule has 1 aromatic heterocycles. The number of fused-ring (bicyclic) bond motifs is 4. The summed E-state index contributed by atoms with van der Waals surface area (Å²) >= 11 is 3.79. The Morgan fingerprint density at radius 1 is 0.630 bits per heavy atom. The molecular weight excluding hydrogens is 365 g/mol. The van der Waals surface area contributed by atoms with Gasteiger partial charge in [-0.1, -0.05) is 83.0 Å². The average molecular weight is 379 g/mol. The van der Waals surface area contributed by atoms with Crippen molar-refractivity contribution in [2.75, 3.05) is 0 Å². The van der Waals surface area contributed by atoms with Gasteiger partial charge in [0.2, 0.25) is 6.71 Å². The summed E-state index contributed by atoms with van der Waals surface area (Å²) in [5.74, 6) is 0. The molecule has 3 heterocycles. The van der Waals surface area contributed by atoms with E-state index in [0.29, 0.717) is 6.71 Å². The van der Waals surface area contributed by atoms with Gasteiger partial charge in [0.25, 0.3) is 0 Å². The Balaban J connectivity index is 1.68. The highest BCUT2D eigenvalue weighted by molar-refractivity contribution is 8.01. The van der Waals surface area contributed by atoms with Gasteiger partial charge in [0.05, 0.1) is 5.69 Å². The summed E-state index contributed by atoms with van der Waals surface area (Å²) in [4.78, 5) is 10.1. The van der Waals surface area contributed by atoms with Crippen molar-refractivity contribution in [2.24, 2.45) is 0 Å². The molecule has 0 spiro atoms. The second-order valence-corrected chi connectivity index (χ2v) is 8.92. The molecule has 0 N–H and O–H groups in total. The minimum Gasteiger partial charge on any atom is -0.256 e. The smallest absolute Gasteiger partial charge is 0.247 e. The third-order valence-corrected chi connectivity index (χ3v) is 7.68. The molecule has 0 unspecified atom stereocenters. The van der Waals surface area contributed by atoms with E-state index in [-0.39, 0.29) is 0 Å². The lowest BCUT2D eigenvalue weighted by molar-refractivity contribution is 1.27. The molecule has 6 rings (SSSR count). The molecule has 1 nitrogen and oxygen atoms in total. The summed E-state index contributed by atoms with van der Waals surface area (Å²) in [5.41, 5.74) is 6.57. The highest BCUT2D eigenvalue weighted by atomic mass is 32.2. The fraction of sp³-hybridized carbons (Fsp3) is 0. The zero-order valence-corrected chi connectivity index (χ0v) is 16.1. The molecule has 0 saturated carbocycles. The first kappa shape index (κ1) is 15.6. The van der Waals surface area contributed by atoms with Gasteiger partial charge >= 0.3 is 0 Å². The fourth-order valence-electron chi connectivity index (χ4n) is 4.11. The van der Waals surface area contributed by atoms with Gasteiger partial charge in [-0.2, -0.15) is 0 Å². The van der Waals surface area contributed by atoms with Crippen molar-refractivity contribution in [3.63, 3.8) is 0 Å². The molecule has 0 saturated heterocycles.